The van der Waals surface area contributed by atoms with Crippen molar-refractivity contribution in [3.63, 3.8) is 0 Å². The molecule has 2 fully saturated rings. The number of hydrogen-bond donors (Lipinski definition) is 2. The zero-order valence-corrected chi connectivity index (χ0v) is 26.4. The molecule has 3 aromatic heterocycles. The standard InChI is InChI=1S/C31H32F5N9O4/c1-3-22-26(41-9-11-42(12-10-41)27(48)25-23(46)5-4-8-37-25)28(49)45-30(39-29(40-45)43-14-19(32)20(33)15-43)44(22)16-24(47)38-21-7-6-18(13-17(21)2)31(34,35)36/h4-8,13,19-20,46H,3,9-12,14-16H2,1-2H3,(H,38,47)/t19-,20+. The van der Waals surface area contributed by atoms with Gasteiger partial charge in [0.1, 0.15) is 18.0 Å². The lowest BCUT2D eigenvalue weighted by molar-refractivity contribution is -0.137. The Morgan fingerprint density at radius 3 is 2.35 bits per heavy atom. The second kappa shape index (κ2) is 13.0. The van der Waals surface area contributed by atoms with E-state index >= 15 is 0 Å². The average molecular weight is 690 g/mol. The molecule has 0 aliphatic carbocycles. The summed E-state index contributed by atoms with van der Waals surface area (Å²) in [6.45, 7) is 2.76. The first-order valence-electron chi connectivity index (χ1n) is 15.5. The molecule has 6 rings (SSSR count). The topological polar surface area (TPSA) is 141 Å². The van der Waals surface area contributed by atoms with Crippen molar-refractivity contribution >= 4 is 34.9 Å². The van der Waals surface area contributed by atoms with Crippen LogP contribution in [0.25, 0.3) is 5.78 Å². The highest BCUT2D eigenvalue weighted by molar-refractivity contribution is 5.95. The van der Waals surface area contributed by atoms with Crippen LogP contribution < -0.4 is 20.7 Å². The van der Waals surface area contributed by atoms with E-state index in [4.69, 9.17) is 0 Å². The summed E-state index contributed by atoms with van der Waals surface area (Å²) in [5.41, 5.74) is -0.698. The molecule has 18 heteroatoms. The number of hydrogen-bond acceptors (Lipinski definition) is 9. The van der Waals surface area contributed by atoms with Gasteiger partial charge in [-0.3, -0.25) is 14.4 Å². The van der Waals surface area contributed by atoms with Crippen molar-refractivity contribution in [3.8, 4) is 5.75 Å². The third-order valence-electron chi connectivity index (χ3n) is 8.62. The number of benzene rings is 1. The summed E-state index contributed by atoms with van der Waals surface area (Å²) in [7, 11) is 0. The highest BCUT2D eigenvalue weighted by Gasteiger charge is 2.36. The van der Waals surface area contributed by atoms with Crippen molar-refractivity contribution in [3.05, 3.63) is 69.4 Å². The summed E-state index contributed by atoms with van der Waals surface area (Å²) >= 11 is 0. The highest BCUT2D eigenvalue weighted by atomic mass is 19.4. The molecule has 2 aliphatic heterocycles. The highest BCUT2D eigenvalue weighted by Crippen LogP contribution is 2.32. The van der Waals surface area contributed by atoms with E-state index in [0.29, 0.717) is 5.69 Å². The van der Waals surface area contributed by atoms with Crippen molar-refractivity contribution in [1.29, 1.82) is 0 Å². The fourth-order valence-corrected chi connectivity index (χ4v) is 6.10. The number of carbonyl (C=O) groups excluding carboxylic acids is 2. The SMILES string of the molecule is CCc1c(N2CCN(C(=O)c3ncccc3O)CC2)c(=O)n2nc(N3C[C@@H](F)[C@@H](F)C3)nc2n1CC(=O)Nc1ccc(C(F)(F)F)cc1C. The Morgan fingerprint density at radius 1 is 1.04 bits per heavy atom. The quantitative estimate of drug-likeness (QED) is 0.280. The molecule has 5 heterocycles. The van der Waals surface area contributed by atoms with Crippen molar-refractivity contribution in [2.24, 2.45) is 0 Å². The molecule has 0 spiro atoms. The second-order valence-corrected chi connectivity index (χ2v) is 11.8. The van der Waals surface area contributed by atoms with Crippen molar-refractivity contribution in [2.45, 2.75) is 45.3 Å². The van der Waals surface area contributed by atoms with Gasteiger partial charge in [0.05, 0.1) is 24.3 Å². The molecule has 0 saturated carbocycles. The van der Waals surface area contributed by atoms with Gasteiger partial charge in [0.2, 0.25) is 17.6 Å². The van der Waals surface area contributed by atoms with E-state index in [0.717, 1.165) is 22.7 Å². The fraction of sp³-hybridized carbons (Fsp3) is 0.419. The Hall–Kier alpha value is -5.29. The predicted octanol–water partition coefficient (Wildman–Crippen LogP) is 2.98. The number of aryl methyl sites for hydroxylation is 1. The van der Waals surface area contributed by atoms with Gasteiger partial charge in [-0.15, -0.1) is 5.10 Å². The van der Waals surface area contributed by atoms with Gasteiger partial charge in [-0.05, 0) is 49.2 Å². The van der Waals surface area contributed by atoms with Crippen LogP contribution in [0.15, 0.2) is 41.3 Å². The number of aromatic hydroxyl groups is 1. The monoisotopic (exact) mass is 689 g/mol. The summed E-state index contributed by atoms with van der Waals surface area (Å²) in [6.07, 6.45) is -6.52. The maximum atomic E-state index is 14.1. The largest absolute Gasteiger partial charge is 0.505 e. The van der Waals surface area contributed by atoms with E-state index in [9.17, 15) is 41.4 Å². The number of alkyl halides is 5. The lowest BCUT2D eigenvalue weighted by atomic mass is 10.1. The smallest absolute Gasteiger partial charge is 0.416 e. The Balaban J connectivity index is 1.35. The van der Waals surface area contributed by atoms with Gasteiger partial charge in [0.15, 0.2) is 18.0 Å². The van der Waals surface area contributed by atoms with E-state index in [1.807, 2.05) is 0 Å². The van der Waals surface area contributed by atoms with Crippen LogP contribution in [-0.2, 0) is 23.9 Å². The van der Waals surface area contributed by atoms with Crippen molar-refractivity contribution < 1.29 is 36.6 Å². The number of fused-ring (bicyclic) bond motifs is 1. The number of amides is 2. The summed E-state index contributed by atoms with van der Waals surface area (Å²) < 4.78 is 70.2. The zero-order chi connectivity index (χ0) is 35.2. The molecule has 2 amide bonds. The molecule has 0 bridgehead atoms. The Labute approximate surface area is 275 Å². The fourth-order valence-electron chi connectivity index (χ4n) is 6.10. The van der Waals surface area contributed by atoms with Crippen molar-refractivity contribution in [2.75, 3.05) is 54.4 Å². The van der Waals surface area contributed by atoms with Crippen LogP contribution in [0.2, 0.25) is 0 Å². The molecule has 4 aromatic rings. The van der Waals surface area contributed by atoms with E-state index < -0.39 is 48.0 Å². The Kier molecular flexibility index (Phi) is 8.89. The summed E-state index contributed by atoms with van der Waals surface area (Å²) in [5, 5.41) is 17.0. The third kappa shape index (κ3) is 6.46. The maximum Gasteiger partial charge on any atom is 0.416 e. The van der Waals surface area contributed by atoms with Crippen LogP contribution in [0.5, 0.6) is 5.75 Å². The van der Waals surface area contributed by atoms with E-state index in [1.54, 1.807) is 11.8 Å². The van der Waals surface area contributed by atoms with Gasteiger partial charge in [0, 0.05) is 38.1 Å². The molecule has 2 atom stereocenters. The lowest BCUT2D eigenvalue weighted by Gasteiger charge is -2.36. The van der Waals surface area contributed by atoms with Gasteiger partial charge < -0.3 is 29.7 Å². The first-order valence-corrected chi connectivity index (χ1v) is 15.5. The summed E-state index contributed by atoms with van der Waals surface area (Å²) in [4.78, 5) is 53.4. The van der Waals surface area contributed by atoms with E-state index in [1.165, 1.54) is 39.6 Å². The molecule has 49 heavy (non-hydrogen) atoms. The first-order chi connectivity index (χ1) is 23.3. The number of aromatic nitrogens is 5. The van der Waals surface area contributed by atoms with Gasteiger partial charge in [-0.1, -0.05) is 6.92 Å². The van der Waals surface area contributed by atoms with Crippen LogP contribution in [-0.4, -0.2) is 97.6 Å². The minimum absolute atomic E-state index is 0.0722. The third-order valence-corrected chi connectivity index (χ3v) is 8.62. The van der Waals surface area contributed by atoms with Crippen LogP contribution >= 0.6 is 0 Å². The number of piperazine rings is 1. The van der Waals surface area contributed by atoms with Crippen LogP contribution in [0.1, 0.15) is 34.2 Å². The van der Waals surface area contributed by atoms with Gasteiger partial charge in [-0.25, -0.2) is 13.8 Å². The first kappa shape index (κ1) is 33.6. The molecule has 0 radical (unpaired) electrons. The Morgan fingerprint density at radius 2 is 1.73 bits per heavy atom. The van der Waals surface area contributed by atoms with Gasteiger partial charge in [0.25, 0.3) is 11.5 Å². The van der Waals surface area contributed by atoms with E-state index in [-0.39, 0.29) is 85.8 Å². The molecular formula is C31H32F5N9O4. The molecule has 1 aromatic carbocycles. The lowest BCUT2D eigenvalue weighted by Crippen LogP contribution is -2.51. The summed E-state index contributed by atoms with van der Waals surface area (Å²) in [5.74, 6) is -1.58. The number of nitrogens with one attached hydrogen (secondary N) is 1. The van der Waals surface area contributed by atoms with Crippen LogP contribution in [0, 0.1) is 6.92 Å². The molecule has 2 saturated heterocycles. The van der Waals surface area contributed by atoms with Crippen molar-refractivity contribution in [1.82, 2.24) is 29.0 Å². The number of anilines is 3. The Bertz CT molecular complexity index is 1960. The minimum Gasteiger partial charge on any atom is -0.505 e. The minimum atomic E-state index is -4.56. The molecule has 13 nitrogen and oxygen atoms in total. The second-order valence-electron chi connectivity index (χ2n) is 11.8. The van der Waals surface area contributed by atoms with Gasteiger partial charge in [-0.2, -0.15) is 22.7 Å². The molecule has 2 aliphatic rings. The van der Waals surface area contributed by atoms with Crippen LogP contribution in [0.3, 0.4) is 0 Å². The number of carbonyl (C=O) groups is 2. The summed E-state index contributed by atoms with van der Waals surface area (Å²) in [6, 6.07) is 5.77. The number of rotatable bonds is 7. The van der Waals surface area contributed by atoms with Gasteiger partial charge >= 0.3 is 6.18 Å². The normalized spacial score (nSPS) is 18.4. The molecule has 260 valence electrons. The number of halogens is 5. The molecular weight excluding hydrogens is 657 g/mol. The number of pyridine rings is 1. The average Bonchev–Trinajstić information content (AvgIpc) is 3.66. The predicted molar refractivity (Wildman–Crippen MR) is 167 cm³/mol. The number of nitrogens with zero attached hydrogens (tertiary/aromatic N) is 8. The van der Waals surface area contributed by atoms with E-state index in [2.05, 4.69) is 20.4 Å². The van der Waals surface area contributed by atoms with Crippen LogP contribution in [0.4, 0.5) is 39.3 Å². The molecule has 0 unspecified atom stereocenters. The molecule has 2 N–H and O–H groups in total. The zero-order valence-electron chi connectivity index (χ0n) is 26.4. The maximum absolute atomic E-state index is 14.1.